The zero-order valence-corrected chi connectivity index (χ0v) is 17.4. The van der Waals surface area contributed by atoms with E-state index in [9.17, 15) is 9.59 Å². The third-order valence-electron chi connectivity index (χ3n) is 4.96. The Balaban J connectivity index is 1.47. The molecule has 3 rings (SSSR count). The van der Waals surface area contributed by atoms with Crippen LogP contribution in [0.2, 0.25) is 0 Å². The third-order valence-corrected chi connectivity index (χ3v) is 4.96. The molecular formula is C23H29N3O3. The molecule has 1 aliphatic rings. The molecule has 29 heavy (non-hydrogen) atoms. The first kappa shape index (κ1) is 20.7. The van der Waals surface area contributed by atoms with Crippen molar-refractivity contribution in [1.82, 2.24) is 4.90 Å². The van der Waals surface area contributed by atoms with Gasteiger partial charge in [0.1, 0.15) is 5.75 Å². The molecule has 154 valence electrons. The molecule has 1 saturated heterocycles. The highest BCUT2D eigenvalue weighted by atomic mass is 16.5. The van der Waals surface area contributed by atoms with Crippen molar-refractivity contribution in [1.29, 1.82) is 0 Å². The van der Waals surface area contributed by atoms with Crippen molar-refractivity contribution < 1.29 is 14.3 Å². The lowest BCUT2D eigenvalue weighted by Crippen LogP contribution is -2.49. The van der Waals surface area contributed by atoms with Crippen LogP contribution in [-0.4, -0.2) is 49.5 Å². The number of carbonyl (C=O) groups excluding carboxylic acids is 2. The topological polar surface area (TPSA) is 61.9 Å². The van der Waals surface area contributed by atoms with Gasteiger partial charge in [0.25, 0.3) is 5.91 Å². The smallest absolute Gasteiger partial charge is 0.262 e. The Morgan fingerprint density at radius 1 is 1.03 bits per heavy atom. The number of nitrogens with zero attached hydrogens (tertiary/aromatic N) is 2. The van der Waals surface area contributed by atoms with Crippen molar-refractivity contribution in [2.45, 2.75) is 20.8 Å². The number of hydrogen-bond donors (Lipinski definition) is 1. The predicted octanol–water partition coefficient (Wildman–Crippen LogP) is 3.32. The Hall–Kier alpha value is -3.02. The number of hydrogen-bond acceptors (Lipinski definition) is 4. The van der Waals surface area contributed by atoms with E-state index in [2.05, 4.69) is 10.2 Å². The normalized spacial score (nSPS) is 14.1. The third kappa shape index (κ3) is 5.73. The van der Waals surface area contributed by atoms with Crippen LogP contribution < -0.4 is 15.0 Å². The fraction of sp³-hybridized carbons (Fsp3) is 0.391. The predicted molar refractivity (Wildman–Crippen MR) is 115 cm³/mol. The summed E-state index contributed by atoms with van der Waals surface area (Å²) in [6, 6.07) is 15.4. The van der Waals surface area contributed by atoms with E-state index in [1.807, 2.05) is 74.2 Å². The van der Waals surface area contributed by atoms with Crippen LogP contribution in [0.5, 0.6) is 5.75 Å². The Kier molecular flexibility index (Phi) is 6.75. The first-order valence-electron chi connectivity index (χ1n) is 10.1. The molecule has 6 nitrogen and oxygen atoms in total. The van der Waals surface area contributed by atoms with E-state index in [0.717, 1.165) is 43.1 Å². The second kappa shape index (κ2) is 9.45. The molecule has 2 amide bonds. The number of benzene rings is 2. The summed E-state index contributed by atoms with van der Waals surface area (Å²) >= 11 is 0. The molecule has 0 radical (unpaired) electrons. The SMILES string of the molecule is Cc1cccc(OCC(=O)Nc2ccc(N3CCN(C(=O)C(C)C)CC3)cc2)c1. The molecule has 0 aromatic heterocycles. The maximum absolute atomic E-state index is 12.1. The molecular weight excluding hydrogens is 366 g/mol. The molecule has 0 bridgehead atoms. The van der Waals surface area contributed by atoms with Gasteiger partial charge in [0, 0.05) is 43.5 Å². The number of ether oxygens (including phenoxy) is 1. The maximum atomic E-state index is 12.1. The highest BCUT2D eigenvalue weighted by Gasteiger charge is 2.22. The Bertz CT molecular complexity index is 841. The van der Waals surface area contributed by atoms with Crippen LogP contribution >= 0.6 is 0 Å². The molecule has 1 heterocycles. The van der Waals surface area contributed by atoms with Gasteiger partial charge in [-0.05, 0) is 48.9 Å². The number of rotatable bonds is 6. The van der Waals surface area contributed by atoms with E-state index in [1.54, 1.807) is 0 Å². The second-order valence-electron chi connectivity index (χ2n) is 7.67. The monoisotopic (exact) mass is 395 g/mol. The molecule has 2 aromatic rings. The van der Waals surface area contributed by atoms with Gasteiger partial charge in [-0.2, -0.15) is 0 Å². The van der Waals surface area contributed by atoms with Gasteiger partial charge in [0.2, 0.25) is 5.91 Å². The van der Waals surface area contributed by atoms with E-state index >= 15 is 0 Å². The van der Waals surface area contributed by atoms with Crippen molar-refractivity contribution in [2.75, 3.05) is 43.0 Å². The lowest BCUT2D eigenvalue weighted by atomic mass is 10.1. The van der Waals surface area contributed by atoms with E-state index in [0.29, 0.717) is 5.75 Å². The standard InChI is InChI=1S/C23H29N3O3/c1-17(2)23(28)26-13-11-25(12-14-26)20-9-7-19(8-10-20)24-22(27)16-29-21-6-4-5-18(3)15-21/h4-10,15,17H,11-14,16H2,1-3H3,(H,24,27). The number of amides is 2. The van der Waals surface area contributed by atoms with Crippen molar-refractivity contribution in [3.05, 3.63) is 54.1 Å². The van der Waals surface area contributed by atoms with Crippen LogP contribution in [0, 0.1) is 12.8 Å². The summed E-state index contributed by atoms with van der Waals surface area (Å²) in [6.07, 6.45) is 0. The highest BCUT2D eigenvalue weighted by Crippen LogP contribution is 2.20. The lowest BCUT2D eigenvalue weighted by Gasteiger charge is -2.37. The molecule has 6 heteroatoms. The summed E-state index contributed by atoms with van der Waals surface area (Å²) in [4.78, 5) is 28.4. The average Bonchev–Trinajstić information content (AvgIpc) is 2.72. The second-order valence-corrected chi connectivity index (χ2v) is 7.67. The highest BCUT2D eigenvalue weighted by molar-refractivity contribution is 5.92. The quantitative estimate of drug-likeness (QED) is 0.815. The van der Waals surface area contributed by atoms with Crippen molar-refractivity contribution >= 4 is 23.2 Å². The first-order valence-corrected chi connectivity index (χ1v) is 10.1. The number of nitrogens with one attached hydrogen (secondary N) is 1. The summed E-state index contributed by atoms with van der Waals surface area (Å²) in [5.74, 6) is 0.751. The van der Waals surface area contributed by atoms with Crippen LogP contribution in [-0.2, 0) is 9.59 Å². The lowest BCUT2D eigenvalue weighted by molar-refractivity contribution is -0.134. The van der Waals surface area contributed by atoms with Gasteiger partial charge < -0.3 is 19.9 Å². The van der Waals surface area contributed by atoms with Gasteiger partial charge in [0.05, 0.1) is 0 Å². The molecule has 0 atom stereocenters. The van der Waals surface area contributed by atoms with Crippen LogP contribution in [0.3, 0.4) is 0 Å². The van der Waals surface area contributed by atoms with Gasteiger partial charge in [-0.3, -0.25) is 9.59 Å². The fourth-order valence-corrected chi connectivity index (χ4v) is 3.36. The Morgan fingerprint density at radius 2 is 1.72 bits per heavy atom. The number of piperazine rings is 1. The summed E-state index contributed by atoms with van der Waals surface area (Å²) < 4.78 is 5.53. The minimum atomic E-state index is -0.194. The molecule has 1 aliphatic heterocycles. The minimum Gasteiger partial charge on any atom is -0.484 e. The molecule has 0 saturated carbocycles. The van der Waals surface area contributed by atoms with Crippen LogP contribution in [0.25, 0.3) is 0 Å². The number of aryl methyl sites for hydroxylation is 1. The Labute approximate surface area is 172 Å². The summed E-state index contributed by atoms with van der Waals surface area (Å²) in [6.45, 7) is 8.94. The number of anilines is 2. The molecule has 0 unspecified atom stereocenters. The summed E-state index contributed by atoms with van der Waals surface area (Å²) in [5.41, 5.74) is 2.92. The molecule has 1 N–H and O–H groups in total. The van der Waals surface area contributed by atoms with E-state index in [-0.39, 0.29) is 24.3 Å². The average molecular weight is 396 g/mol. The van der Waals surface area contributed by atoms with Crippen molar-refractivity contribution in [2.24, 2.45) is 5.92 Å². The van der Waals surface area contributed by atoms with Crippen LogP contribution in [0.1, 0.15) is 19.4 Å². The van der Waals surface area contributed by atoms with Gasteiger partial charge in [-0.1, -0.05) is 26.0 Å². The van der Waals surface area contributed by atoms with E-state index in [1.165, 1.54) is 0 Å². The van der Waals surface area contributed by atoms with Gasteiger partial charge in [-0.25, -0.2) is 0 Å². The van der Waals surface area contributed by atoms with Crippen molar-refractivity contribution in [3.8, 4) is 5.75 Å². The van der Waals surface area contributed by atoms with E-state index in [4.69, 9.17) is 4.74 Å². The largest absolute Gasteiger partial charge is 0.484 e. The molecule has 1 fully saturated rings. The van der Waals surface area contributed by atoms with Crippen LogP contribution in [0.15, 0.2) is 48.5 Å². The first-order chi connectivity index (χ1) is 13.9. The van der Waals surface area contributed by atoms with Gasteiger partial charge in [0.15, 0.2) is 6.61 Å². The van der Waals surface area contributed by atoms with Gasteiger partial charge >= 0.3 is 0 Å². The minimum absolute atomic E-state index is 0.0307. The molecule has 2 aromatic carbocycles. The number of carbonyl (C=O) groups is 2. The van der Waals surface area contributed by atoms with Crippen LogP contribution in [0.4, 0.5) is 11.4 Å². The summed E-state index contributed by atoms with van der Waals surface area (Å²) in [5, 5.41) is 2.86. The zero-order chi connectivity index (χ0) is 20.8. The molecule has 0 aliphatic carbocycles. The maximum Gasteiger partial charge on any atom is 0.262 e. The Morgan fingerprint density at radius 3 is 2.34 bits per heavy atom. The van der Waals surface area contributed by atoms with Crippen molar-refractivity contribution in [3.63, 3.8) is 0 Å². The zero-order valence-electron chi connectivity index (χ0n) is 17.4. The van der Waals surface area contributed by atoms with Gasteiger partial charge in [-0.15, -0.1) is 0 Å². The van der Waals surface area contributed by atoms with E-state index < -0.39 is 0 Å². The fourth-order valence-electron chi connectivity index (χ4n) is 3.36. The molecule has 0 spiro atoms. The summed E-state index contributed by atoms with van der Waals surface area (Å²) in [7, 11) is 0.